The standard InChI is InChI=1S/C10H14FNS/c1-2-13-7-9-3-8(6-12)4-10(11)5-9/h3-5H,2,6-7,12H2,1H3. The monoisotopic (exact) mass is 199 g/mol. The summed E-state index contributed by atoms with van der Waals surface area (Å²) in [5, 5.41) is 0. The number of hydrogen-bond donors (Lipinski definition) is 1. The van der Waals surface area contributed by atoms with Crippen LogP contribution in [0, 0.1) is 5.82 Å². The summed E-state index contributed by atoms with van der Waals surface area (Å²) in [6.45, 7) is 2.50. The lowest BCUT2D eigenvalue weighted by molar-refractivity contribution is 0.624. The van der Waals surface area contributed by atoms with Gasteiger partial charge in [0.05, 0.1) is 0 Å². The number of benzene rings is 1. The lowest BCUT2D eigenvalue weighted by Crippen LogP contribution is -1.98. The number of thioether (sulfide) groups is 1. The molecule has 0 unspecified atom stereocenters. The maximum Gasteiger partial charge on any atom is 0.123 e. The number of halogens is 1. The van der Waals surface area contributed by atoms with Gasteiger partial charge < -0.3 is 5.73 Å². The van der Waals surface area contributed by atoms with Gasteiger partial charge in [-0.15, -0.1) is 0 Å². The minimum atomic E-state index is -0.186. The Labute approximate surface area is 82.5 Å². The Kier molecular flexibility index (Phi) is 4.25. The van der Waals surface area contributed by atoms with Crippen LogP contribution in [0.25, 0.3) is 0 Å². The third kappa shape index (κ3) is 3.36. The molecular weight excluding hydrogens is 185 g/mol. The highest BCUT2D eigenvalue weighted by Crippen LogP contribution is 2.15. The molecule has 2 N–H and O–H groups in total. The van der Waals surface area contributed by atoms with Gasteiger partial charge in [0, 0.05) is 12.3 Å². The third-order valence-corrected chi connectivity index (χ3v) is 2.67. The van der Waals surface area contributed by atoms with Crippen LogP contribution in [0.5, 0.6) is 0 Å². The zero-order valence-corrected chi connectivity index (χ0v) is 8.53. The van der Waals surface area contributed by atoms with Crippen LogP contribution < -0.4 is 5.73 Å². The number of nitrogens with two attached hydrogens (primary N) is 1. The topological polar surface area (TPSA) is 26.0 Å². The van der Waals surface area contributed by atoms with Gasteiger partial charge in [0.25, 0.3) is 0 Å². The second-order valence-corrected chi connectivity index (χ2v) is 4.08. The van der Waals surface area contributed by atoms with Gasteiger partial charge in [-0.1, -0.05) is 13.0 Å². The largest absolute Gasteiger partial charge is 0.326 e. The van der Waals surface area contributed by atoms with Crippen molar-refractivity contribution < 1.29 is 4.39 Å². The van der Waals surface area contributed by atoms with Crippen LogP contribution in [0.2, 0.25) is 0 Å². The SMILES string of the molecule is CCSCc1cc(F)cc(CN)c1. The maximum atomic E-state index is 13.0. The van der Waals surface area contributed by atoms with Crippen molar-refractivity contribution in [2.75, 3.05) is 5.75 Å². The van der Waals surface area contributed by atoms with Crippen molar-refractivity contribution in [3.05, 3.63) is 35.1 Å². The van der Waals surface area contributed by atoms with Crippen LogP contribution in [-0.2, 0) is 12.3 Å². The van der Waals surface area contributed by atoms with E-state index in [1.54, 1.807) is 17.8 Å². The van der Waals surface area contributed by atoms with E-state index >= 15 is 0 Å². The Bertz CT molecular complexity index is 276. The van der Waals surface area contributed by atoms with Gasteiger partial charge in [-0.05, 0) is 29.0 Å². The van der Waals surface area contributed by atoms with Gasteiger partial charge in [-0.3, -0.25) is 0 Å². The van der Waals surface area contributed by atoms with E-state index in [4.69, 9.17) is 5.73 Å². The van der Waals surface area contributed by atoms with Crippen LogP contribution in [-0.4, -0.2) is 5.75 Å². The van der Waals surface area contributed by atoms with Crippen molar-refractivity contribution >= 4 is 11.8 Å². The van der Waals surface area contributed by atoms with E-state index in [0.29, 0.717) is 6.54 Å². The molecule has 0 atom stereocenters. The molecule has 0 aliphatic carbocycles. The van der Waals surface area contributed by atoms with E-state index in [1.165, 1.54) is 6.07 Å². The van der Waals surface area contributed by atoms with Crippen molar-refractivity contribution in [1.82, 2.24) is 0 Å². The third-order valence-electron chi connectivity index (χ3n) is 1.73. The van der Waals surface area contributed by atoms with Crippen LogP contribution in [0.1, 0.15) is 18.1 Å². The highest BCUT2D eigenvalue weighted by atomic mass is 32.2. The summed E-state index contributed by atoms with van der Waals surface area (Å²) in [5.41, 5.74) is 7.33. The van der Waals surface area contributed by atoms with E-state index in [1.807, 2.05) is 6.07 Å². The van der Waals surface area contributed by atoms with Crippen molar-refractivity contribution in [3.8, 4) is 0 Å². The molecule has 1 aromatic rings. The molecule has 0 saturated heterocycles. The first-order valence-corrected chi connectivity index (χ1v) is 5.48. The molecule has 0 radical (unpaired) electrons. The molecule has 0 amide bonds. The van der Waals surface area contributed by atoms with Crippen LogP contribution in [0.4, 0.5) is 4.39 Å². The Morgan fingerprint density at radius 3 is 2.62 bits per heavy atom. The predicted octanol–water partition coefficient (Wildman–Crippen LogP) is 2.54. The van der Waals surface area contributed by atoms with Crippen molar-refractivity contribution in [1.29, 1.82) is 0 Å². The van der Waals surface area contributed by atoms with E-state index in [0.717, 1.165) is 22.6 Å². The van der Waals surface area contributed by atoms with Crippen LogP contribution >= 0.6 is 11.8 Å². The van der Waals surface area contributed by atoms with Gasteiger partial charge in [0.15, 0.2) is 0 Å². The summed E-state index contributed by atoms with van der Waals surface area (Å²) in [6, 6.07) is 5.02. The molecule has 0 aromatic heterocycles. The normalized spacial score (nSPS) is 10.4. The molecule has 0 fully saturated rings. The molecule has 0 spiro atoms. The average molecular weight is 199 g/mol. The van der Waals surface area contributed by atoms with Gasteiger partial charge in [0.2, 0.25) is 0 Å². The van der Waals surface area contributed by atoms with Crippen molar-refractivity contribution in [3.63, 3.8) is 0 Å². The molecule has 1 rings (SSSR count). The maximum absolute atomic E-state index is 13.0. The van der Waals surface area contributed by atoms with Crippen molar-refractivity contribution in [2.24, 2.45) is 5.73 Å². The summed E-state index contributed by atoms with van der Waals surface area (Å²) in [4.78, 5) is 0. The average Bonchev–Trinajstić information content (AvgIpc) is 2.14. The fourth-order valence-corrected chi connectivity index (χ4v) is 1.74. The molecule has 1 nitrogen and oxygen atoms in total. The fourth-order valence-electron chi connectivity index (χ4n) is 1.14. The molecule has 3 heteroatoms. The summed E-state index contributed by atoms with van der Waals surface area (Å²) in [6.07, 6.45) is 0. The quantitative estimate of drug-likeness (QED) is 0.806. The molecule has 0 heterocycles. The summed E-state index contributed by atoms with van der Waals surface area (Å²) in [7, 11) is 0. The molecule has 72 valence electrons. The molecule has 0 bridgehead atoms. The van der Waals surface area contributed by atoms with Crippen LogP contribution in [0.3, 0.4) is 0 Å². The van der Waals surface area contributed by atoms with E-state index in [9.17, 15) is 4.39 Å². The first kappa shape index (κ1) is 10.5. The van der Waals surface area contributed by atoms with Crippen LogP contribution in [0.15, 0.2) is 18.2 Å². The number of hydrogen-bond acceptors (Lipinski definition) is 2. The smallest absolute Gasteiger partial charge is 0.123 e. The highest BCUT2D eigenvalue weighted by Gasteiger charge is 1.99. The summed E-state index contributed by atoms with van der Waals surface area (Å²) >= 11 is 1.78. The minimum absolute atomic E-state index is 0.186. The molecule has 1 aromatic carbocycles. The van der Waals surface area contributed by atoms with E-state index in [2.05, 4.69) is 6.92 Å². The first-order valence-electron chi connectivity index (χ1n) is 4.32. The summed E-state index contributed by atoms with van der Waals surface area (Å²) in [5.74, 6) is 1.73. The second-order valence-electron chi connectivity index (χ2n) is 2.81. The second kappa shape index (κ2) is 5.25. The molecular formula is C10H14FNS. The molecule has 0 aliphatic heterocycles. The lowest BCUT2D eigenvalue weighted by Gasteiger charge is -2.03. The first-order chi connectivity index (χ1) is 6.26. The highest BCUT2D eigenvalue weighted by molar-refractivity contribution is 7.98. The van der Waals surface area contributed by atoms with Gasteiger partial charge in [-0.25, -0.2) is 4.39 Å². The summed E-state index contributed by atoms with van der Waals surface area (Å²) < 4.78 is 13.0. The van der Waals surface area contributed by atoms with Gasteiger partial charge in [-0.2, -0.15) is 11.8 Å². The Morgan fingerprint density at radius 2 is 2.00 bits per heavy atom. The predicted molar refractivity (Wildman–Crippen MR) is 56.1 cm³/mol. The zero-order chi connectivity index (χ0) is 9.68. The number of rotatable bonds is 4. The Morgan fingerprint density at radius 1 is 1.31 bits per heavy atom. The van der Waals surface area contributed by atoms with Gasteiger partial charge >= 0.3 is 0 Å². The lowest BCUT2D eigenvalue weighted by atomic mass is 10.1. The van der Waals surface area contributed by atoms with E-state index < -0.39 is 0 Å². The Hall–Kier alpha value is -0.540. The zero-order valence-electron chi connectivity index (χ0n) is 7.72. The fraction of sp³-hybridized carbons (Fsp3) is 0.400. The molecule has 0 aliphatic rings. The van der Waals surface area contributed by atoms with Crippen molar-refractivity contribution in [2.45, 2.75) is 19.2 Å². The van der Waals surface area contributed by atoms with Gasteiger partial charge in [0.1, 0.15) is 5.82 Å². The minimum Gasteiger partial charge on any atom is -0.326 e. The molecule has 0 saturated carbocycles. The molecule has 13 heavy (non-hydrogen) atoms. The van der Waals surface area contributed by atoms with E-state index in [-0.39, 0.29) is 5.82 Å². The Balaban J connectivity index is 2.76.